The topological polar surface area (TPSA) is 49.4 Å². The van der Waals surface area contributed by atoms with E-state index in [1.165, 1.54) is 11.3 Å². The molecule has 0 saturated carbocycles. The molecule has 7 heteroatoms. The number of nitrogens with zero attached hydrogens (tertiary/aromatic N) is 1. The van der Waals surface area contributed by atoms with Gasteiger partial charge in [-0.25, -0.2) is 0 Å². The molecule has 1 fully saturated rings. The number of piperidine rings is 1. The normalized spacial score (nSPS) is 17.6. The van der Waals surface area contributed by atoms with Crippen LogP contribution in [0.25, 0.3) is 0 Å². The van der Waals surface area contributed by atoms with Crippen molar-refractivity contribution in [1.29, 1.82) is 0 Å². The second kappa shape index (κ2) is 7.55. The van der Waals surface area contributed by atoms with Gasteiger partial charge in [0.1, 0.15) is 6.04 Å². The molecule has 24 heavy (non-hydrogen) atoms. The van der Waals surface area contributed by atoms with Crippen LogP contribution in [-0.2, 0) is 4.79 Å². The SMILES string of the molecule is O=C(Nc1ccc(Cl)c(Cl)c1)C1CCCCN1C(=O)c1cccs1. The van der Waals surface area contributed by atoms with E-state index in [4.69, 9.17) is 23.2 Å². The molecular formula is C17H16Cl2N2O2S. The standard InChI is InChI=1S/C17H16Cl2N2O2S/c18-12-7-6-11(10-13(12)19)20-16(22)14-4-1-2-8-21(14)17(23)15-5-3-9-24-15/h3,5-7,9-10,14H,1-2,4,8H2,(H,20,22). The second-order valence-electron chi connectivity index (χ2n) is 5.61. The van der Waals surface area contributed by atoms with Crippen LogP contribution >= 0.6 is 34.5 Å². The molecule has 4 nitrogen and oxygen atoms in total. The fraction of sp³-hybridized carbons (Fsp3) is 0.294. The van der Waals surface area contributed by atoms with Crippen molar-refractivity contribution >= 4 is 52.0 Å². The average Bonchev–Trinajstić information content (AvgIpc) is 3.12. The first kappa shape index (κ1) is 17.3. The van der Waals surface area contributed by atoms with Crippen LogP contribution < -0.4 is 5.32 Å². The first-order chi connectivity index (χ1) is 11.6. The number of likely N-dealkylation sites (tertiary alicyclic amines) is 1. The minimum atomic E-state index is -0.470. The number of benzene rings is 1. The monoisotopic (exact) mass is 382 g/mol. The average molecular weight is 383 g/mol. The predicted molar refractivity (Wildman–Crippen MR) is 98.1 cm³/mol. The quantitative estimate of drug-likeness (QED) is 0.836. The van der Waals surface area contributed by atoms with Crippen molar-refractivity contribution in [3.8, 4) is 0 Å². The second-order valence-corrected chi connectivity index (χ2v) is 7.37. The number of hydrogen-bond acceptors (Lipinski definition) is 3. The van der Waals surface area contributed by atoms with Crippen LogP contribution in [0.3, 0.4) is 0 Å². The van der Waals surface area contributed by atoms with Crippen LogP contribution in [0.5, 0.6) is 0 Å². The molecule has 1 aliphatic rings. The van der Waals surface area contributed by atoms with Crippen molar-refractivity contribution in [3.63, 3.8) is 0 Å². The molecule has 3 rings (SSSR count). The van der Waals surface area contributed by atoms with Gasteiger partial charge in [-0.3, -0.25) is 9.59 Å². The van der Waals surface area contributed by atoms with E-state index < -0.39 is 6.04 Å². The minimum absolute atomic E-state index is 0.0843. The van der Waals surface area contributed by atoms with Gasteiger partial charge in [0, 0.05) is 12.2 Å². The number of nitrogens with one attached hydrogen (secondary N) is 1. The zero-order valence-corrected chi connectivity index (χ0v) is 15.1. The maximum atomic E-state index is 12.7. The van der Waals surface area contributed by atoms with Crippen LogP contribution in [0, 0.1) is 0 Å². The van der Waals surface area contributed by atoms with Crippen LogP contribution in [0.1, 0.15) is 28.9 Å². The highest BCUT2D eigenvalue weighted by atomic mass is 35.5. The maximum absolute atomic E-state index is 12.7. The Labute approximate surface area is 154 Å². The molecule has 2 amide bonds. The minimum Gasteiger partial charge on any atom is -0.326 e. The van der Waals surface area contributed by atoms with E-state index in [1.54, 1.807) is 29.2 Å². The number of thiophene rings is 1. The number of hydrogen-bond donors (Lipinski definition) is 1. The first-order valence-corrected chi connectivity index (χ1v) is 9.30. The van der Waals surface area contributed by atoms with E-state index in [2.05, 4.69) is 5.32 Å². The van der Waals surface area contributed by atoms with Gasteiger partial charge >= 0.3 is 0 Å². The van der Waals surface area contributed by atoms with Gasteiger partial charge in [-0.05, 0) is 48.9 Å². The van der Waals surface area contributed by atoms with Crippen LogP contribution in [0.4, 0.5) is 5.69 Å². The summed E-state index contributed by atoms with van der Waals surface area (Å²) in [5, 5.41) is 5.51. The number of carbonyl (C=O) groups excluding carboxylic acids is 2. The third kappa shape index (κ3) is 3.74. The van der Waals surface area contributed by atoms with Gasteiger partial charge in [0.25, 0.3) is 5.91 Å². The van der Waals surface area contributed by atoms with E-state index >= 15 is 0 Å². The first-order valence-electron chi connectivity index (χ1n) is 7.66. The molecule has 0 radical (unpaired) electrons. The van der Waals surface area contributed by atoms with Gasteiger partial charge in [-0.15, -0.1) is 11.3 Å². The Morgan fingerprint density at radius 1 is 1.17 bits per heavy atom. The molecule has 0 bridgehead atoms. The summed E-state index contributed by atoms with van der Waals surface area (Å²) in [7, 11) is 0. The fourth-order valence-electron chi connectivity index (χ4n) is 2.79. The third-order valence-corrected chi connectivity index (χ3v) is 5.58. The smallest absolute Gasteiger partial charge is 0.264 e. The lowest BCUT2D eigenvalue weighted by molar-refractivity contribution is -0.121. The van der Waals surface area contributed by atoms with E-state index in [0.29, 0.717) is 33.6 Å². The van der Waals surface area contributed by atoms with Crippen LogP contribution in [0.2, 0.25) is 10.0 Å². The highest BCUT2D eigenvalue weighted by Crippen LogP contribution is 2.27. The van der Waals surface area contributed by atoms with E-state index in [9.17, 15) is 9.59 Å². The maximum Gasteiger partial charge on any atom is 0.264 e. The van der Waals surface area contributed by atoms with Gasteiger partial charge in [-0.1, -0.05) is 29.3 Å². The van der Waals surface area contributed by atoms with Gasteiger partial charge in [-0.2, -0.15) is 0 Å². The molecule has 0 spiro atoms. The molecule has 1 aromatic heterocycles. The summed E-state index contributed by atoms with van der Waals surface area (Å²) in [5.41, 5.74) is 0.573. The molecular weight excluding hydrogens is 367 g/mol. The molecule has 1 aromatic carbocycles. The number of anilines is 1. The van der Waals surface area contributed by atoms with Crippen LogP contribution in [-0.4, -0.2) is 29.3 Å². The van der Waals surface area contributed by atoms with Gasteiger partial charge in [0.2, 0.25) is 5.91 Å². The van der Waals surface area contributed by atoms with E-state index in [-0.39, 0.29) is 11.8 Å². The van der Waals surface area contributed by atoms with Gasteiger partial charge in [0.05, 0.1) is 14.9 Å². The number of amides is 2. The Balaban J connectivity index is 1.75. The molecule has 0 aliphatic carbocycles. The van der Waals surface area contributed by atoms with Gasteiger partial charge < -0.3 is 10.2 Å². The Hall–Kier alpha value is -1.56. The summed E-state index contributed by atoms with van der Waals surface area (Å²) in [6, 6.07) is 8.09. The molecule has 1 N–H and O–H groups in total. The molecule has 2 heterocycles. The number of halogens is 2. The highest BCUT2D eigenvalue weighted by Gasteiger charge is 2.33. The number of rotatable bonds is 3. The predicted octanol–water partition coefficient (Wildman–Crippen LogP) is 4.69. The molecule has 126 valence electrons. The fourth-order valence-corrected chi connectivity index (χ4v) is 3.77. The Bertz CT molecular complexity index is 749. The lowest BCUT2D eigenvalue weighted by atomic mass is 10.0. The molecule has 1 unspecified atom stereocenters. The molecule has 2 aromatic rings. The van der Waals surface area contributed by atoms with Crippen molar-refractivity contribution in [3.05, 3.63) is 50.6 Å². The van der Waals surface area contributed by atoms with Crippen LogP contribution in [0.15, 0.2) is 35.7 Å². The summed E-state index contributed by atoms with van der Waals surface area (Å²) >= 11 is 13.3. The number of carbonyl (C=O) groups is 2. The molecule has 1 aliphatic heterocycles. The Morgan fingerprint density at radius 2 is 2.00 bits per heavy atom. The summed E-state index contributed by atoms with van der Waals surface area (Å²) in [6.07, 6.45) is 2.49. The molecule has 1 atom stereocenters. The lowest BCUT2D eigenvalue weighted by Gasteiger charge is -2.34. The van der Waals surface area contributed by atoms with Crippen molar-refractivity contribution < 1.29 is 9.59 Å². The third-order valence-electron chi connectivity index (χ3n) is 3.99. The molecule has 1 saturated heterocycles. The summed E-state index contributed by atoms with van der Waals surface area (Å²) in [6.45, 7) is 0.593. The van der Waals surface area contributed by atoms with Crippen molar-refractivity contribution in [2.75, 3.05) is 11.9 Å². The van der Waals surface area contributed by atoms with E-state index in [0.717, 1.165) is 12.8 Å². The zero-order chi connectivity index (χ0) is 17.1. The lowest BCUT2D eigenvalue weighted by Crippen LogP contribution is -2.49. The summed E-state index contributed by atoms with van der Waals surface area (Å²) in [5.74, 6) is -0.281. The Morgan fingerprint density at radius 3 is 2.71 bits per heavy atom. The largest absolute Gasteiger partial charge is 0.326 e. The van der Waals surface area contributed by atoms with E-state index in [1.807, 2.05) is 11.4 Å². The summed E-state index contributed by atoms with van der Waals surface area (Å²) < 4.78 is 0. The zero-order valence-electron chi connectivity index (χ0n) is 12.8. The van der Waals surface area contributed by atoms with Gasteiger partial charge in [0.15, 0.2) is 0 Å². The van der Waals surface area contributed by atoms with Crippen molar-refractivity contribution in [2.24, 2.45) is 0 Å². The Kier molecular flexibility index (Phi) is 5.43. The van der Waals surface area contributed by atoms with Crippen molar-refractivity contribution in [1.82, 2.24) is 4.90 Å². The van der Waals surface area contributed by atoms with Crippen molar-refractivity contribution in [2.45, 2.75) is 25.3 Å². The summed E-state index contributed by atoms with van der Waals surface area (Å²) in [4.78, 5) is 27.6. The highest BCUT2D eigenvalue weighted by molar-refractivity contribution is 7.12.